The van der Waals surface area contributed by atoms with Crippen LogP contribution in [-0.2, 0) is 9.59 Å². The van der Waals surface area contributed by atoms with Crippen molar-refractivity contribution in [3.63, 3.8) is 0 Å². The molecule has 0 aliphatic heterocycles. The minimum Gasteiger partial charge on any atom is -0.481 e. The van der Waals surface area contributed by atoms with Gasteiger partial charge in [0.15, 0.2) is 0 Å². The molecule has 0 bridgehead atoms. The van der Waals surface area contributed by atoms with E-state index in [0.717, 1.165) is 0 Å². The van der Waals surface area contributed by atoms with Crippen LogP contribution in [0.1, 0.15) is 25.7 Å². The predicted octanol–water partition coefficient (Wildman–Crippen LogP) is 2.58. The van der Waals surface area contributed by atoms with Crippen molar-refractivity contribution >= 4 is 29.3 Å². The maximum atomic E-state index is 11.7. The summed E-state index contributed by atoms with van der Waals surface area (Å²) in [6.45, 7) is 3.88. The van der Waals surface area contributed by atoms with Gasteiger partial charge in [-0.3, -0.25) is 9.59 Å². The molecule has 0 saturated carbocycles. The quantitative estimate of drug-likeness (QED) is 0.414. The van der Waals surface area contributed by atoms with Crippen molar-refractivity contribution < 1.29 is 19.5 Å². The fourth-order valence-corrected chi connectivity index (χ4v) is 1.76. The van der Waals surface area contributed by atoms with Crippen LogP contribution in [0.5, 0.6) is 0 Å². The molecular formula is C16H21N3O4. The molecule has 1 aromatic rings. The molecule has 0 aliphatic carbocycles. The Morgan fingerprint density at radius 2 is 1.57 bits per heavy atom. The molecule has 0 radical (unpaired) electrons. The molecule has 0 spiro atoms. The van der Waals surface area contributed by atoms with Gasteiger partial charge < -0.3 is 21.1 Å². The third-order valence-corrected chi connectivity index (χ3v) is 2.88. The van der Waals surface area contributed by atoms with Crippen LogP contribution < -0.4 is 16.0 Å². The second kappa shape index (κ2) is 9.99. The van der Waals surface area contributed by atoms with Gasteiger partial charge in [0.05, 0.1) is 0 Å². The first-order valence-electron chi connectivity index (χ1n) is 7.28. The molecule has 3 amide bonds. The maximum Gasteiger partial charge on any atom is 0.319 e. The van der Waals surface area contributed by atoms with Crippen molar-refractivity contribution in [1.82, 2.24) is 5.32 Å². The number of amides is 3. The number of hydrogen-bond acceptors (Lipinski definition) is 3. The summed E-state index contributed by atoms with van der Waals surface area (Å²) in [5, 5.41) is 16.5. The van der Waals surface area contributed by atoms with Gasteiger partial charge >= 0.3 is 12.0 Å². The van der Waals surface area contributed by atoms with Crippen LogP contribution >= 0.6 is 0 Å². The molecular weight excluding hydrogens is 298 g/mol. The van der Waals surface area contributed by atoms with E-state index in [2.05, 4.69) is 22.5 Å². The molecule has 7 nitrogen and oxygen atoms in total. The zero-order chi connectivity index (χ0) is 17.1. The van der Waals surface area contributed by atoms with E-state index in [1.165, 1.54) is 0 Å². The van der Waals surface area contributed by atoms with E-state index in [-0.39, 0.29) is 24.8 Å². The van der Waals surface area contributed by atoms with E-state index >= 15 is 0 Å². The largest absolute Gasteiger partial charge is 0.481 e. The molecule has 0 unspecified atom stereocenters. The maximum absolute atomic E-state index is 11.7. The number of hydrogen-bond donors (Lipinski definition) is 4. The van der Waals surface area contributed by atoms with Gasteiger partial charge in [0.1, 0.15) is 0 Å². The van der Waals surface area contributed by atoms with E-state index in [4.69, 9.17) is 5.11 Å². The number of rotatable bonds is 9. The Morgan fingerprint density at radius 3 is 2.13 bits per heavy atom. The Hall–Kier alpha value is -2.83. The van der Waals surface area contributed by atoms with Gasteiger partial charge in [0, 0.05) is 30.8 Å². The third kappa shape index (κ3) is 8.25. The zero-order valence-electron chi connectivity index (χ0n) is 12.8. The zero-order valence-corrected chi connectivity index (χ0v) is 12.8. The van der Waals surface area contributed by atoms with E-state index in [1.54, 1.807) is 30.3 Å². The highest BCUT2D eigenvalue weighted by atomic mass is 16.4. The Bertz CT molecular complexity index is 555. The summed E-state index contributed by atoms with van der Waals surface area (Å²) in [7, 11) is 0. The molecule has 23 heavy (non-hydrogen) atoms. The number of carboxylic acid groups (broad SMARTS) is 1. The highest BCUT2D eigenvalue weighted by Gasteiger charge is 2.05. The molecule has 1 aromatic carbocycles. The highest BCUT2D eigenvalue weighted by Crippen LogP contribution is 2.14. The summed E-state index contributed by atoms with van der Waals surface area (Å²) >= 11 is 0. The normalized spacial score (nSPS) is 9.74. The third-order valence-electron chi connectivity index (χ3n) is 2.88. The van der Waals surface area contributed by atoms with Gasteiger partial charge in [-0.15, -0.1) is 6.58 Å². The van der Waals surface area contributed by atoms with Crippen molar-refractivity contribution in [1.29, 1.82) is 0 Å². The summed E-state index contributed by atoms with van der Waals surface area (Å²) < 4.78 is 0. The molecule has 124 valence electrons. The van der Waals surface area contributed by atoms with E-state index in [1.807, 2.05) is 0 Å². The number of unbranched alkanes of at least 4 members (excludes halogenated alkanes) is 1. The van der Waals surface area contributed by atoms with Gasteiger partial charge in [-0.25, -0.2) is 4.79 Å². The number of carboxylic acids is 1. The fraction of sp³-hybridized carbons (Fsp3) is 0.312. The smallest absolute Gasteiger partial charge is 0.319 e. The Kier molecular flexibility index (Phi) is 7.91. The monoisotopic (exact) mass is 319 g/mol. The summed E-state index contributed by atoms with van der Waals surface area (Å²) in [6, 6.07) is 6.37. The van der Waals surface area contributed by atoms with Crippen LogP contribution in [-0.4, -0.2) is 29.6 Å². The van der Waals surface area contributed by atoms with Gasteiger partial charge in [-0.2, -0.15) is 0 Å². The molecule has 0 atom stereocenters. The van der Waals surface area contributed by atoms with Crippen molar-refractivity contribution in [3.05, 3.63) is 36.9 Å². The Morgan fingerprint density at radius 1 is 1.00 bits per heavy atom. The lowest BCUT2D eigenvalue weighted by molar-refractivity contribution is -0.137. The average Bonchev–Trinajstić information content (AvgIpc) is 2.51. The summed E-state index contributed by atoms with van der Waals surface area (Å²) in [4.78, 5) is 33.5. The molecule has 0 heterocycles. The number of carbonyl (C=O) groups excluding carboxylic acids is 2. The Balaban J connectivity index is 2.35. The van der Waals surface area contributed by atoms with Gasteiger partial charge in [0.25, 0.3) is 0 Å². The number of urea groups is 1. The second-order valence-electron chi connectivity index (χ2n) is 4.85. The minimum absolute atomic E-state index is 0.0710. The lowest BCUT2D eigenvalue weighted by Gasteiger charge is -2.08. The van der Waals surface area contributed by atoms with Gasteiger partial charge in [-0.1, -0.05) is 6.08 Å². The van der Waals surface area contributed by atoms with Crippen LogP contribution in [0.2, 0.25) is 0 Å². The van der Waals surface area contributed by atoms with E-state index < -0.39 is 5.97 Å². The fourth-order valence-electron chi connectivity index (χ4n) is 1.76. The predicted molar refractivity (Wildman–Crippen MR) is 88.4 cm³/mol. The van der Waals surface area contributed by atoms with E-state index in [0.29, 0.717) is 30.8 Å². The molecule has 4 N–H and O–H groups in total. The lowest BCUT2D eigenvalue weighted by Crippen LogP contribution is -2.28. The topological polar surface area (TPSA) is 108 Å². The van der Waals surface area contributed by atoms with Crippen molar-refractivity contribution in [2.75, 3.05) is 17.2 Å². The first-order chi connectivity index (χ1) is 11.0. The molecule has 0 aromatic heterocycles. The van der Waals surface area contributed by atoms with Gasteiger partial charge in [0.2, 0.25) is 5.91 Å². The van der Waals surface area contributed by atoms with Crippen molar-refractivity contribution in [2.45, 2.75) is 25.7 Å². The average molecular weight is 319 g/mol. The number of carbonyl (C=O) groups is 3. The van der Waals surface area contributed by atoms with Crippen molar-refractivity contribution in [2.24, 2.45) is 0 Å². The SMILES string of the molecule is C=CCNC(=O)Nc1ccc(NC(=O)CCCCC(=O)O)cc1. The first-order valence-corrected chi connectivity index (χ1v) is 7.28. The van der Waals surface area contributed by atoms with Crippen molar-refractivity contribution in [3.8, 4) is 0 Å². The Labute approximate surface area is 134 Å². The standard InChI is InChI=1S/C16H21N3O4/c1-2-11-17-16(23)19-13-9-7-12(8-10-13)18-14(20)5-3-4-6-15(21)22/h2,7-10H,1,3-6,11H2,(H,18,20)(H,21,22)(H2,17,19,23). The lowest BCUT2D eigenvalue weighted by atomic mass is 10.2. The molecule has 0 aliphatic rings. The van der Waals surface area contributed by atoms with Crippen LogP contribution in [0, 0.1) is 0 Å². The molecule has 0 fully saturated rings. The molecule has 1 rings (SSSR count). The summed E-state index contributed by atoms with van der Waals surface area (Å²) in [5.74, 6) is -1.02. The summed E-state index contributed by atoms with van der Waals surface area (Å²) in [5.41, 5.74) is 1.22. The van der Waals surface area contributed by atoms with Crippen LogP contribution in [0.3, 0.4) is 0 Å². The first kappa shape index (κ1) is 18.2. The number of anilines is 2. The number of aliphatic carboxylic acids is 1. The molecule has 0 saturated heterocycles. The second-order valence-corrected chi connectivity index (χ2v) is 4.85. The minimum atomic E-state index is -0.856. The molecule has 7 heteroatoms. The van der Waals surface area contributed by atoms with E-state index in [9.17, 15) is 14.4 Å². The van der Waals surface area contributed by atoms with Crippen LogP contribution in [0.25, 0.3) is 0 Å². The van der Waals surface area contributed by atoms with Crippen LogP contribution in [0.15, 0.2) is 36.9 Å². The highest BCUT2D eigenvalue weighted by molar-refractivity contribution is 5.92. The van der Waals surface area contributed by atoms with Gasteiger partial charge in [-0.05, 0) is 37.1 Å². The number of benzene rings is 1. The van der Waals surface area contributed by atoms with Crippen LogP contribution in [0.4, 0.5) is 16.2 Å². The summed E-state index contributed by atoms with van der Waals surface area (Å²) in [6.07, 6.45) is 2.93. The number of nitrogens with one attached hydrogen (secondary N) is 3.